The number of fused-ring (bicyclic) bond motifs is 4. The van der Waals surface area contributed by atoms with Gasteiger partial charge in [0, 0.05) is 27.5 Å². The van der Waals surface area contributed by atoms with E-state index in [1.807, 2.05) is 50.2 Å². The minimum Gasteiger partial charge on any atom is -0.364 e. The third-order valence-corrected chi connectivity index (χ3v) is 7.13. The van der Waals surface area contributed by atoms with Crippen LogP contribution in [0.3, 0.4) is 0 Å². The summed E-state index contributed by atoms with van der Waals surface area (Å²) in [4.78, 5) is 38.3. The number of hydrogen-bond acceptors (Lipinski definition) is 4. The fourth-order valence-corrected chi connectivity index (χ4v) is 5.27. The summed E-state index contributed by atoms with van der Waals surface area (Å²) in [6, 6.07) is 19.5. The molecular formula is C30H25N5O2. The predicted molar refractivity (Wildman–Crippen MR) is 147 cm³/mol. The number of benzene rings is 3. The van der Waals surface area contributed by atoms with Crippen LogP contribution in [0.15, 0.2) is 71.8 Å². The van der Waals surface area contributed by atoms with Crippen LogP contribution in [-0.2, 0) is 6.42 Å². The summed E-state index contributed by atoms with van der Waals surface area (Å²) in [5.41, 5.74) is 13.4. The molecule has 0 aliphatic heterocycles. The lowest BCUT2D eigenvalue weighted by Crippen LogP contribution is -2.19. The number of carbonyl (C=O) groups is 1. The van der Waals surface area contributed by atoms with Gasteiger partial charge < -0.3 is 10.7 Å². The summed E-state index contributed by atoms with van der Waals surface area (Å²) in [6.45, 7) is 5.98. The Morgan fingerprint density at radius 2 is 1.84 bits per heavy atom. The average Bonchev–Trinajstić information content (AvgIpc) is 3.28. The van der Waals surface area contributed by atoms with Crippen LogP contribution in [0, 0.1) is 13.8 Å². The molecule has 0 aliphatic rings. The summed E-state index contributed by atoms with van der Waals surface area (Å²) in [5.74, 6) is -0.582. The minimum atomic E-state index is -0.582. The van der Waals surface area contributed by atoms with Gasteiger partial charge in [-0.15, -0.1) is 0 Å². The summed E-state index contributed by atoms with van der Waals surface area (Å²) < 4.78 is 1.58. The molecule has 6 aromatic rings. The van der Waals surface area contributed by atoms with Crippen LogP contribution in [-0.4, -0.2) is 25.4 Å². The van der Waals surface area contributed by atoms with Gasteiger partial charge in [-0.2, -0.15) is 0 Å². The smallest absolute Gasteiger partial charge is 0.269 e. The summed E-state index contributed by atoms with van der Waals surface area (Å²) in [5, 5.41) is 2.44. The molecule has 1 amide bonds. The normalized spacial score (nSPS) is 11.5. The quantitative estimate of drug-likeness (QED) is 0.349. The zero-order valence-corrected chi connectivity index (χ0v) is 20.8. The Morgan fingerprint density at radius 1 is 1.03 bits per heavy atom. The Morgan fingerprint density at radius 3 is 2.62 bits per heavy atom. The molecule has 0 saturated carbocycles. The number of aromatic amines is 1. The maximum Gasteiger partial charge on any atom is 0.269 e. The molecule has 3 aromatic heterocycles. The molecule has 37 heavy (non-hydrogen) atoms. The number of pyridine rings is 1. The Balaban J connectivity index is 1.68. The Labute approximate surface area is 212 Å². The first-order valence-corrected chi connectivity index (χ1v) is 12.2. The van der Waals surface area contributed by atoms with E-state index in [2.05, 4.69) is 40.1 Å². The van der Waals surface area contributed by atoms with Crippen LogP contribution < -0.4 is 11.3 Å². The molecule has 182 valence electrons. The minimum absolute atomic E-state index is 0.130. The maximum absolute atomic E-state index is 13.4. The van der Waals surface area contributed by atoms with E-state index in [0.717, 1.165) is 45.1 Å². The summed E-state index contributed by atoms with van der Waals surface area (Å²) >= 11 is 0. The van der Waals surface area contributed by atoms with Gasteiger partial charge in [0.2, 0.25) is 0 Å². The number of nitrogens with one attached hydrogen (secondary N) is 1. The maximum atomic E-state index is 13.4. The first-order valence-electron chi connectivity index (χ1n) is 12.2. The molecule has 3 heterocycles. The zero-order valence-electron chi connectivity index (χ0n) is 20.8. The predicted octanol–water partition coefficient (Wildman–Crippen LogP) is 5.36. The van der Waals surface area contributed by atoms with Crippen molar-refractivity contribution in [2.75, 3.05) is 0 Å². The van der Waals surface area contributed by atoms with Crippen molar-refractivity contribution in [2.45, 2.75) is 27.2 Å². The van der Waals surface area contributed by atoms with Crippen molar-refractivity contribution >= 4 is 38.6 Å². The first-order chi connectivity index (χ1) is 17.9. The molecular weight excluding hydrogens is 462 g/mol. The molecule has 7 heteroatoms. The van der Waals surface area contributed by atoms with Crippen LogP contribution in [0.4, 0.5) is 0 Å². The lowest BCUT2D eigenvalue weighted by molar-refractivity contribution is 0.0997. The highest BCUT2D eigenvalue weighted by atomic mass is 16.1. The van der Waals surface area contributed by atoms with Gasteiger partial charge in [-0.05, 0) is 61.2 Å². The standard InChI is InChI=1S/C30H25N5O2/c1-4-18-12-13-20-23(14-18)34-27-26(20)25(17(3)33-28(27)29(31)36)19-9-7-11-24(16(19)2)35-15-32-22-10-6-5-8-21(22)30(35)37/h5-15,34H,4H2,1-3H3,(H2,31,36). The molecule has 0 bridgehead atoms. The van der Waals surface area contributed by atoms with E-state index in [1.165, 1.54) is 5.56 Å². The highest BCUT2D eigenvalue weighted by molar-refractivity contribution is 6.19. The van der Waals surface area contributed by atoms with E-state index >= 15 is 0 Å². The number of carbonyl (C=O) groups excluding carboxylic acids is 1. The lowest BCUT2D eigenvalue weighted by atomic mass is 9.93. The molecule has 0 fully saturated rings. The number of primary amides is 1. The summed E-state index contributed by atoms with van der Waals surface area (Å²) in [7, 11) is 0. The first kappa shape index (κ1) is 22.7. The molecule has 3 aromatic carbocycles. The number of hydrogen-bond donors (Lipinski definition) is 2. The molecule has 0 spiro atoms. The van der Waals surface area contributed by atoms with E-state index in [-0.39, 0.29) is 11.3 Å². The monoisotopic (exact) mass is 487 g/mol. The number of nitrogens with two attached hydrogens (primary N) is 1. The Hall–Kier alpha value is -4.78. The zero-order chi connectivity index (χ0) is 25.8. The van der Waals surface area contributed by atoms with Gasteiger partial charge >= 0.3 is 0 Å². The molecule has 7 nitrogen and oxygen atoms in total. The average molecular weight is 488 g/mol. The van der Waals surface area contributed by atoms with Gasteiger partial charge in [-0.25, -0.2) is 9.97 Å². The van der Waals surface area contributed by atoms with Crippen LogP contribution in [0.2, 0.25) is 0 Å². The second kappa shape index (κ2) is 8.41. The summed E-state index contributed by atoms with van der Waals surface area (Å²) in [6.07, 6.45) is 2.47. The number of H-pyrrole nitrogens is 1. The Bertz CT molecular complexity index is 1950. The van der Waals surface area contributed by atoms with Crippen LogP contribution in [0.25, 0.3) is 49.5 Å². The van der Waals surface area contributed by atoms with Crippen molar-refractivity contribution in [1.29, 1.82) is 0 Å². The fraction of sp³-hybridized carbons (Fsp3) is 0.133. The van der Waals surface area contributed by atoms with Crippen LogP contribution in [0.5, 0.6) is 0 Å². The van der Waals surface area contributed by atoms with Gasteiger partial charge in [0.15, 0.2) is 5.69 Å². The number of aromatic nitrogens is 4. The number of aryl methyl sites for hydroxylation is 2. The lowest BCUT2D eigenvalue weighted by Gasteiger charge is -2.16. The second-order valence-corrected chi connectivity index (χ2v) is 9.28. The molecule has 0 unspecified atom stereocenters. The van der Waals surface area contributed by atoms with Crippen molar-refractivity contribution in [2.24, 2.45) is 5.73 Å². The van der Waals surface area contributed by atoms with E-state index in [1.54, 1.807) is 17.0 Å². The molecule has 0 radical (unpaired) electrons. The van der Waals surface area contributed by atoms with Crippen LogP contribution in [0.1, 0.15) is 34.2 Å². The van der Waals surface area contributed by atoms with Gasteiger partial charge in [0.1, 0.15) is 6.33 Å². The van der Waals surface area contributed by atoms with Crippen molar-refractivity contribution < 1.29 is 4.79 Å². The fourth-order valence-electron chi connectivity index (χ4n) is 5.27. The number of amides is 1. The molecule has 6 rings (SSSR count). The molecule has 0 atom stereocenters. The van der Waals surface area contributed by atoms with E-state index in [4.69, 9.17) is 5.73 Å². The molecule has 0 aliphatic carbocycles. The largest absolute Gasteiger partial charge is 0.364 e. The highest BCUT2D eigenvalue weighted by Gasteiger charge is 2.22. The Kier molecular flexibility index (Phi) is 5.15. The van der Waals surface area contributed by atoms with Gasteiger partial charge in [0.05, 0.1) is 22.1 Å². The van der Waals surface area contributed by atoms with Crippen LogP contribution >= 0.6 is 0 Å². The SMILES string of the molecule is CCc1ccc2c(c1)[nH]c1c(C(N)=O)nc(C)c(-c3cccc(-n4cnc5ccccc5c4=O)c3C)c12. The second-order valence-electron chi connectivity index (χ2n) is 9.28. The number of nitrogens with zero attached hydrogens (tertiary/aromatic N) is 3. The van der Waals surface area contributed by atoms with Crippen molar-refractivity contribution in [3.8, 4) is 16.8 Å². The number of para-hydroxylation sites is 1. The van der Waals surface area contributed by atoms with Gasteiger partial charge in [0.25, 0.3) is 11.5 Å². The third-order valence-electron chi connectivity index (χ3n) is 7.13. The molecule has 3 N–H and O–H groups in total. The van der Waals surface area contributed by atoms with Crippen molar-refractivity contribution in [3.05, 3.63) is 99.9 Å². The van der Waals surface area contributed by atoms with Gasteiger partial charge in [-0.3, -0.25) is 14.2 Å². The van der Waals surface area contributed by atoms with E-state index in [0.29, 0.717) is 22.1 Å². The number of rotatable bonds is 4. The van der Waals surface area contributed by atoms with Gasteiger partial charge in [-0.1, -0.05) is 43.3 Å². The van der Waals surface area contributed by atoms with Crippen molar-refractivity contribution in [3.63, 3.8) is 0 Å². The van der Waals surface area contributed by atoms with Crippen molar-refractivity contribution in [1.82, 2.24) is 19.5 Å². The molecule has 0 saturated heterocycles. The topological polar surface area (TPSA) is 107 Å². The van der Waals surface area contributed by atoms with E-state index in [9.17, 15) is 9.59 Å². The third kappa shape index (κ3) is 3.42. The van der Waals surface area contributed by atoms with E-state index < -0.39 is 5.91 Å². The highest BCUT2D eigenvalue weighted by Crippen LogP contribution is 2.40.